The van der Waals surface area contributed by atoms with Crippen molar-refractivity contribution in [1.82, 2.24) is 14.8 Å². The van der Waals surface area contributed by atoms with Gasteiger partial charge in [-0.15, -0.1) is 24.8 Å². The molecule has 2 aliphatic heterocycles. The topological polar surface area (TPSA) is 54.9 Å². The lowest BCUT2D eigenvalue weighted by atomic mass is 9.93. The maximum atomic E-state index is 12.9. The number of aromatic nitrogens is 1. The van der Waals surface area contributed by atoms with Crippen LogP contribution in [-0.2, 0) is 13.0 Å². The van der Waals surface area contributed by atoms with E-state index in [0.717, 1.165) is 43.0 Å². The molecule has 0 saturated carbocycles. The molecule has 0 spiro atoms. The number of amides is 1. The Balaban J connectivity index is 0.00000204. The van der Waals surface area contributed by atoms with Crippen LogP contribution in [0, 0.1) is 5.92 Å². The molecule has 1 atom stereocenters. The van der Waals surface area contributed by atoms with Gasteiger partial charge in [0.05, 0.1) is 14.2 Å². The number of hydrogen-bond donors (Lipinski definition) is 0. The normalized spacial score (nSPS) is 17.5. The molecule has 4 rings (SSSR count). The number of hydrogen-bond acceptors (Lipinski definition) is 5. The number of rotatable bonds is 10. The van der Waals surface area contributed by atoms with Crippen LogP contribution in [0.25, 0.3) is 0 Å². The van der Waals surface area contributed by atoms with Gasteiger partial charge in [-0.2, -0.15) is 0 Å². The summed E-state index contributed by atoms with van der Waals surface area (Å²) in [7, 11) is 3.24. The number of pyridine rings is 1. The molecule has 188 valence electrons. The van der Waals surface area contributed by atoms with E-state index < -0.39 is 0 Å². The van der Waals surface area contributed by atoms with Gasteiger partial charge in [-0.25, -0.2) is 0 Å². The lowest BCUT2D eigenvalue weighted by Crippen LogP contribution is -2.36. The van der Waals surface area contributed by atoms with Gasteiger partial charge in [0.2, 0.25) is 0 Å². The van der Waals surface area contributed by atoms with E-state index in [1.165, 1.54) is 44.3 Å². The molecule has 0 radical (unpaired) electrons. The Hall–Kier alpha value is -2.02. The summed E-state index contributed by atoms with van der Waals surface area (Å²) in [4.78, 5) is 21.7. The van der Waals surface area contributed by atoms with Crippen LogP contribution in [0.15, 0.2) is 36.7 Å². The molecular formula is C26H37Cl2N3O3. The van der Waals surface area contributed by atoms with Gasteiger partial charge in [0, 0.05) is 37.6 Å². The smallest absolute Gasteiger partial charge is 0.254 e. The molecule has 1 saturated heterocycles. The highest BCUT2D eigenvalue weighted by Crippen LogP contribution is 2.35. The Morgan fingerprint density at radius 1 is 1.09 bits per heavy atom. The van der Waals surface area contributed by atoms with Crippen LogP contribution in [0.1, 0.15) is 53.6 Å². The second kappa shape index (κ2) is 13.8. The molecular weight excluding hydrogens is 473 g/mol. The fourth-order valence-electron chi connectivity index (χ4n) is 5.09. The fraction of sp³-hybridized carbons (Fsp3) is 0.538. The van der Waals surface area contributed by atoms with Crippen molar-refractivity contribution < 1.29 is 14.3 Å². The van der Waals surface area contributed by atoms with Gasteiger partial charge < -0.3 is 19.3 Å². The number of carbonyl (C=O) groups is 1. The molecule has 1 fully saturated rings. The van der Waals surface area contributed by atoms with E-state index in [2.05, 4.69) is 16.0 Å². The van der Waals surface area contributed by atoms with Crippen molar-refractivity contribution in [3.05, 3.63) is 53.3 Å². The summed E-state index contributed by atoms with van der Waals surface area (Å²) in [6.07, 6.45) is 10.9. The SMILES string of the molecule is COc1cc2c(cc1OC)C(=O)N(CCCC1CCCN(CCCc3cccnc3)C1)C2.Cl.Cl. The van der Waals surface area contributed by atoms with Crippen LogP contribution in [0.3, 0.4) is 0 Å². The second-order valence-electron chi connectivity index (χ2n) is 9.01. The number of piperidine rings is 1. The Morgan fingerprint density at radius 2 is 1.88 bits per heavy atom. The van der Waals surface area contributed by atoms with E-state index in [4.69, 9.17) is 9.47 Å². The third-order valence-electron chi connectivity index (χ3n) is 6.79. The summed E-state index contributed by atoms with van der Waals surface area (Å²) >= 11 is 0. The number of halogens is 2. The lowest BCUT2D eigenvalue weighted by molar-refractivity contribution is 0.0769. The number of benzene rings is 1. The van der Waals surface area contributed by atoms with Crippen LogP contribution >= 0.6 is 24.8 Å². The monoisotopic (exact) mass is 509 g/mol. The maximum absolute atomic E-state index is 12.9. The number of likely N-dealkylation sites (tertiary alicyclic amines) is 1. The molecule has 6 nitrogen and oxygen atoms in total. The minimum Gasteiger partial charge on any atom is -0.493 e. The third-order valence-corrected chi connectivity index (χ3v) is 6.79. The number of ether oxygens (including phenoxy) is 2. The number of aryl methyl sites for hydroxylation is 1. The van der Waals surface area contributed by atoms with Crippen molar-refractivity contribution in [3.8, 4) is 11.5 Å². The van der Waals surface area contributed by atoms with Gasteiger partial charge in [0.15, 0.2) is 11.5 Å². The summed E-state index contributed by atoms with van der Waals surface area (Å²) < 4.78 is 10.8. The van der Waals surface area contributed by atoms with E-state index in [0.29, 0.717) is 18.0 Å². The zero-order valence-corrected chi connectivity index (χ0v) is 21.8. The zero-order chi connectivity index (χ0) is 22.3. The molecule has 1 unspecified atom stereocenters. The molecule has 1 aromatic carbocycles. The standard InChI is InChI=1S/C26H35N3O3.2ClH/c1-31-24-15-22-19-29(26(30)23(22)16-25(24)32-2)14-6-10-21-9-5-13-28(18-21)12-4-8-20-7-3-11-27-17-20;;/h3,7,11,15-17,21H,4-6,8-10,12-14,18-19H2,1-2H3;2*1H. The molecule has 1 amide bonds. The first kappa shape index (κ1) is 28.2. The van der Waals surface area contributed by atoms with E-state index in [-0.39, 0.29) is 30.7 Å². The Kier molecular flexibility index (Phi) is 11.4. The van der Waals surface area contributed by atoms with Gasteiger partial charge in [-0.05, 0) is 86.9 Å². The quantitative estimate of drug-likeness (QED) is 0.449. The van der Waals surface area contributed by atoms with Crippen molar-refractivity contribution in [2.24, 2.45) is 5.92 Å². The van der Waals surface area contributed by atoms with Gasteiger partial charge in [-0.3, -0.25) is 9.78 Å². The van der Waals surface area contributed by atoms with Gasteiger partial charge in [-0.1, -0.05) is 6.07 Å². The maximum Gasteiger partial charge on any atom is 0.254 e. The molecule has 34 heavy (non-hydrogen) atoms. The van der Waals surface area contributed by atoms with Crippen LogP contribution in [0.2, 0.25) is 0 Å². The van der Waals surface area contributed by atoms with Crippen LogP contribution in [-0.4, -0.2) is 61.1 Å². The Labute approximate surface area is 215 Å². The second-order valence-corrected chi connectivity index (χ2v) is 9.01. The molecule has 8 heteroatoms. The van der Waals surface area contributed by atoms with Crippen molar-refractivity contribution in [3.63, 3.8) is 0 Å². The summed E-state index contributed by atoms with van der Waals surface area (Å²) in [5.41, 5.74) is 3.11. The number of methoxy groups -OCH3 is 2. The lowest BCUT2D eigenvalue weighted by Gasteiger charge is -2.33. The van der Waals surface area contributed by atoms with Crippen LogP contribution in [0.5, 0.6) is 11.5 Å². The Bertz CT molecular complexity index is 914. The van der Waals surface area contributed by atoms with E-state index in [1.54, 1.807) is 14.2 Å². The predicted molar refractivity (Wildman–Crippen MR) is 140 cm³/mol. The molecule has 1 aromatic heterocycles. The molecule has 0 bridgehead atoms. The first-order chi connectivity index (χ1) is 15.7. The minimum atomic E-state index is 0. The number of carbonyl (C=O) groups excluding carboxylic acids is 1. The fourth-order valence-corrected chi connectivity index (χ4v) is 5.09. The highest BCUT2D eigenvalue weighted by Gasteiger charge is 2.29. The average Bonchev–Trinajstić information content (AvgIpc) is 3.13. The zero-order valence-electron chi connectivity index (χ0n) is 20.2. The first-order valence-corrected chi connectivity index (χ1v) is 11.8. The summed E-state index contributed by atoms with van der Waals surface area (Å²) in [6.45, 7) is 5.05. The first-order valence-electron chi connectivity index (χ1n) is 11.8. The summed E-state index contributed by atoms with van der Waals surface area (Å²) in [6, 6.07) is 7.94. The molecule has 0 N–H and O–H groups in total. The highest BCUT2D eigenvalue weighted by molar-refractivity contribution is 5.99. The van der Waals surface area contributed by atoms with Crippen LogP contribution in [0.4, 0.5) is 0 Å². The van der Waals surface area contributed by atoms with Gasteiger partial charge >= 0.3 is 0 Å². The van der Waals surface area contributed by atoms with Crippen molar-refractivity contribution in [2.75, 3.05) is 40.4 Å². The largest absolute Gasteiger partial charge is 0.493 e. The van der Waals surface area contributed by atoms with Crippen molar-refractivity contribution >= 4 is 30.7 Å². The minimum absolute atomic E-state index is 0. The van der Waals surface area contributed by atoms with Gasteiger partial charge in [0.1, 0.15) is 0 Å². The van der Waals surface area contributed by atoms with E-state index in [1.807, 2.05) is 35.5 Å². The third kappa shape index (κ3) is 7.00. The Morgan fingerprint density at radius 3 is 2.62 bits per heavy atom. The van der Waals surface area contributed by atoms with Gasteiger partial charge in [0.25, 0.3) is 5.91 Å². The molecule has 2 aliphatic rings. The van der Waals surface area contributed by atoms with E-state index >= 15 is 0 Å². The predicted octanol–water partition coefficient (Wildman–Crippen LogP) is 5.02. The summed E-state index contributed by atoms with van der Waals surface area (Å²) in [5.74, 6) is 2.16. The number of fused-ring (bicyclic) bond motifs is 1. The van der Waals surface area contributed by atoms with Crippen molar-refractivity contribution in [2.45, 2.75) is 45.1 Å². The molecule has 0 aliphatic carbocycles. The summed E-state index contributed by atoms with van der Waals surface area (Å²) in [5, 5.41) is 0. The highest BCUT2D eigenvalue weighted by atomic mass is 35.5. The molecule has 2 aromatic rings. The van der Waals surface area contributed by atoms with Crippen LogP contribution < -0.4 is 9.47 Å². The van der Waals surface area contributed by atoms with Crippen molar-refractivity contribution in [1.29, 1.82) is 0 Å². The average molecular weight is 511 g/mol. The number of nitrogens with zero attached hydrogens (tertiary/aromatic N) is 3. The molecule has 3 heterocycles. The van der Waals surface area contributed by atoms with E-state index in [9.17, 15) is 4.79 Å².